The minimum Gasteiger partial charge on any atom is -0.508 e. The van der Waals surface area contributed by atoms with Gasteiger partial charge < -0.3 is 50.0 Å². The van der Waals surface area contributed by atoms with Crippen LogP contribution in [0.4, 0.5) is 0 Å². The molecule has 0 aromatic heterocycles. The molecule has 4 atom stereocenters. The summed E-state index contributed by atoms with van der Waals surface area (Å²) in [4.78, 5) is 0. The summed E-state index contributed by atoms with van der Waals surface area (Å²) >= 11 is 0. The summed E-state index contributed by atoms with van der Waals surface area (Å²) in [5.41, 5.74) is 21.1. The number of ether oxygens (including phenoxy) is 3. The molecule has 7 N–H and O–H groups in total. The molecule has 0 saturated heterocycles. The summed E-state index contributed by atoms with van der Waals surface area (Å²) in [6.07, 6.45) is 33.8. The van der Waals surface area contributed by atoms with Gasteiger partial charge >= 0.3 is 0 Å². The first-order valence-electron chi connectivity index (χ1n) is 42.1. The summed E-state index contributed by atoms with van der Waals surface area (Å²) in [5, 5.41) is 72.4. The lowest BCUT2D eigenvalue weighted by Gasteiger charge is -2.62. The fourth-order valence-corrected chi connectivity index (χ4v) is 17.4. The van der Waals surface area contributed by atoms with Crippen LogP contribution in [0.5, 0.6) is 57.5 Å². The zero-order valence-electron chi connectivity index (χ0n) is 71.6. The Hall–Kier alpha value is -8.50. The Morgan fingerprint density at radius 1 is 0.397 bits per heavy atom. The standard InChI is InChI=1S/C21H30O2.C21H26O2.C21H32O2.C19H22O2.C19H28O2.5CH4/c1-5-6-7-8-13-11-15(22)17-16(12-13)23-21(4)10-9-14-18(21)19(17)20(14,2)3;1-5-6-7-8-15-12-18(22)20-16-11-14(2)9-10-17(16)21(3,4)23-19(20)13-15;1-5-6-7-11-18-14-20(22)19(21(23)15-18)13-12-17(4)10-8-9-16(2)3;1-5-6-13-10-16(20)18-14-9-12(2)7-8-15(14)19(3,4)21-17(18)11-13;1-5-7-16-12-18(20)17(19(21)13-16)11-10-15(4)9-6-8-14(2)3;;;;;/h11-12,14,18-19,22H,5-10H2,1-4H3;9-13,22H,5-8H2,1-4H3;9,12,14-15,22-23H,5-8,10-11,13H2,1-4H3;7-11,20H,5-6H2,1-4H3;8,10,12-13,20-21H,5-7,9,11H2,1-4H3;5*1H4/b;;17-12+;;15-10+;;;;;/t14-,18+,19+,21+;;;;;;;;;/m0........./s1. The number of hydrogen-bond acceptors (Lipinski definition) is 10. The number of rotatable bonds is 26. The lowest BCUT2D eigenvalue weighted by molar-refractivity contribution is -0.121. The van der Waals surface area contributed by atoms with Gasteiger partial charge in [0.05, 0.1) is 11.1 Å². The van der Waals surface area contributed by atoms with Crippen LogP contribution in [0.25, 0.3) is 22.3 Å². The highest BCUT2D eigenvalue weighted by molar-refractivity contribution is 5.83. The lowest BCUT2D eigenvalue weighted by Crippen LogP contribution is -2.59. The Morgan fingerprint density at radius 3 is 1.11 bits per heavy atom. The average molecular weight is 1590 g/mol. The Kier molecular flexibility index (Phi) is 39.8. The fraction of sp³-hybridized carbons (Fsp3) is 0.528. The third-order valence-electron chi connectivity index (χ3n) is 23.5. The number of benzene rings is 7. The summed E-state index contributed by atoms with van der Waals surface area (Å²) in [6, 6.07) is 32.0. The minimum atomic E-state index is -0.384. The van der Waals surface area contributed by atoms with Crippen molar-refractivity contribution in [2.45, 2.75) is 352 Å². The molecule has 0 radical (unpaired) electrons. The van der Waals surface area contributed by atoms with E-state index in [2.05, 4.69) is 217 Å². The molecule has 2 aliphatic carbocycles. The molecule has 10 nitrogen and oxygen atoms in total. The van der Waals surface area contributed by atoms with Gasteiger partial charge in [0.25, 0.3) is 0 Å². The Balaban J connectivity index is 0.000000371. The van der Waals surface area contributed by atoms with Gasteiger partial charge in [0.1, 0.15) is 74.3 Å². The largest absolute Gasteiger partial charge is 0.508 e. The first-order chi connectivity index (χ1) is 52.6. The average Bonchev–Trinajstić information content (AvgIpc) is 1.46. The van der Waals surface area contributed by atoms with Crippen molar-refractivity contribution in [3.05, 3.63) is 210 Å². The van der Waals surface area contributed by atoms with E-state index in [1.807, 2.05) is 18.2 Å². The molecule has 3 aliphatic heterocycles. The van der Waals surface area contributed by atoms with Gasteiger partial charge in [-0.05, 0) is 304 Å². The normalized spacial score (nSPS) is 17.2. The smallest absolute Gasteiger partial charge is 0.132 e. The third-order valence-corrected chi connectivity index (χ3v) is 23.5. The predicted octanol–water partition coefficient (Wildman–Crippen LogP) is 30.6. The van der Waals surface area contributed by atoms with Gasteiger partial charge in [0.15, 0.2) is 0 Å². The highest BCUT2D eigenvalue weighted by atomic mass is 16.5. The topological polar surface area (TPSA) is 169 Å². The van der Waals surface area contributed by atoms with E-state index < -0.39 is 0 Å². The first kappa shape index (κ1) is 102. The third kappa shape index (κ3) is 25.8. The molecule has 12 rings (SSSR count). The predicted molar refractivity (Wildman–Crippen MR) is 497 cm³/mol. The maximum Gasteiger partial charge on any atom is 0.132 e. The van der Waals surface area contributed by atoms with Crippen molar-refractivity contribution in [3.8, 4) is 79.7 Å². The molecular formula is C106H158O10. The first-order valence-corrected chi connectivity index (χ1v) is 42.1. The minimum absolute atomic E-state index is 0. The number of hydrogen-bond donors (Lipinski definition) is 7. The monoisotopic (exact) mass is 1590 g/mol. The second kappa shape index (κ2) is 45.4. The van der Waals surface area contributed by atoms with Crippen LogP contribution in [0.1, 0.15) is 344 Å². The van der Waals surface area contributed by atoms with Gasteiger partial charge in [0, 0.05) is 39.7 Å². The van der Waals surface area contributed by atoms with Crippen molar-refractivity contribution in [2.24, 2.45) is 17.3 Å². The van der Waals surface area contributed by atoms with Crippen molar-refractivity contribution < 1.29 is 50.0 Å². The summed E-state index contributed by atoms with van der Waals surface area (Å²) in [6.45, 7) is 43.0. The Morgan fingerprint density at radius 2 is 0.741 bits per heavy atom. The second-order valence-corrected chi connectivity index (χ2v) is 35.0. The number of aryl methyl sites for hydroxylation is 7. The van der Waals surface area contributed by atoms with Gasteiger partial charge in [-0.25, -0.2) is 0 Å². The SMILES string of the molecule is C.C.C.C.C.CCCCCc1cc(O)c(C/C=C(\C)CCC=C(C)C)c(O)c1.CCCCCc1cc(O)c2c(c1)OC(C)(C)c1ccc(C)cc1-2.CCCCCc1cc(O)c2c(c1)O[C@]1(C)CC[C@H]3[C@@H]1[C@@H]2C3(C)C.CCCc1cc(O)c(C/C=C(\C)CCC=C(C)C)c(O)c1.CCCc1cc(O)c2c(c1)OC(C)(C)c1ccc(C)cc1-2. The summed E-state index contributed by atoms with van der Waals surface area (Å²) in [5.74, 6) is 6.29. The molecule has 5 aliphatic rings. The van der Waals surface area contributed by atoms with Crippen LogP contribution in [0.15, 0.2) is 144 Å². The molecule has 0 spiro atoms. The number of phenolic OH excluding ortho intramolecular Hbond substituents is 7. The van der Waals surface area contributed by atoms with Crippen molar-refractivity contribution in [1.82, 2.24) is 0 Å². The molecule has 0 bridgehead atoms. The van der Waals surface area contributed by atoms with Crippen LogP contribution in [0.2, 0.25) is 0 Å². The zero-order valence-corrected chi connectivity index (χ0v) is 71.6. The number of allylic oxidation sites excluding steroid dienone is 8. The van der Waals surface area contributed by atoms with Crippen LogP contribution in [-0.2, 0) is 56.1 Å². The number of fused-ring (bicyclic) bond motifs is 8. The Labute approximate surface area is 705 Å². The van der Waals surface area contributed by atoms with E-state index in [0.29, 0.717) is 53.1 Å². The quantitative estimate of drug-likeness (QED) is 0.0205. The van der Waals surface area contributed by atoms with Crippen LogP contribution in [-0.4, -0.2) is 41.3 Å². The molecule has 3 heterocycles. The van der Waals surface area contributed by atoms with Gasteiger partial charge in [-0.1, -0.05) is 231 Å². The van der Waals surface area contributed by atoms with Crippen LogP contribution in [0.3, 0.4) is 0 Å². The molecule has 642 valence electrons. The highest BCUT2D eigenvalue weighted by Crippen LogP contribution is 2.74. The van der Waals surface area contributed by atoms with Crippen LogP contribution >= 0.6 is 0 Å². The van der Waals surface area contributed by atoms with E-state index in [9.17, 15) is 35.7 Å². The van der Waals surface area contributed by atoms with Gasteiger partial charge in [-0.2, -0.15) is 0 Å². The van der Waals surface area contributed by atoms with Gasteiger partial charge in [-0.15, -0.1) is 0 Å². The van der Waals surface area contributed by atoms with E-state index in [-0.39, 0.29) is 82.3 Å². The van der Waals surface area contributed by atoms with Crippen LogP contribution < -0.4 is 14.2 Å². The van der Waals surface area contributed by atoms with Crippen molar-refractivity contribution in [3.63, 3.8) is 0 Å². The summed E-state index contributed by atoms with van der Waals surface area (Å²) < 4.78 is 19.0. The molecule has 2 fully saturated rings. The molecule has 2 saturated carbocycles. The number of aromatic hydroxyl groups is 7. The second-order valence-electron chi connectivity index (χ2n) is 35.0. The van der Waals surface area contributed by atoms with E-state index in [4.69, 9.17) is 14.2 Å². The van der Waals surface area contributed by atoms with Gasteiger partial charge in [-0.3, -0.25) is 0 Å². The van der Waals surface area contributed by atoms with E-state index >= 15 is 0 Å². The van der Waals surface area contributed by atoms with Crippen molar-refractivity contribution >= 4 is 0 Å². The van der Waals surface area contributed by atoms with Crippen molar-refractivity contribution in [2.75, 3.05) is 0 Å². The zero-order chi connectivity index (χ0) is 81.3. The molecule has 116 heavy (non-hydrogen) atoms. The maximum absolute atomic E-state index is 10.7. The molecule has 0 unspecified atom stereocenters. The van der Waals surface area contributed by atoms with E-state index in [1.54, 1.807) is 24.3 Å². The molecule has 7 aromatic carbocycles. The highest BCUT2D eigenvalue weighted by Gasteiger charge is 2.69. The maximum atomic E-state index is 10.7. The molecular weight excluding hydrogens is 1430 g/mol. The molecule has 10 heteroatoms. The Bertz CT molecular complexity index is 4380. The van der Waals surface area contributed by atoms with Gasteiger partial charge in [0.2, 0.25) is 0 Å². The van der Waals surface area contributed by atoms with E-state index in [1.165, 1.54) is 90.3 Å². The molecule has 7 aromatic rings. The van der Waals surface area contributed by atoms with E-state index in [0.717, 1.165) is 174 Å². The fourth-order valence-electron chi connectivity index (χ4n) is 17.4. The van der Waals surface area contributed by atoms with Crippen LogP contribution in [0, 0.1) is 31.1 Å². The van der Waals surface area contributed by atoms with Crippen molar-refractivity contribution in [1.29, 1.82) is 0 Å². The number of unbranched alkanes of at least 4 members (excludes halogenated alkanes) is 6. The summed E-state index contributed by atoms with van der Waals surface area (Å²) in [7, 11) is 0. The number of phenols is 7. The lowest BCUT2D eigenvalue weighted by atomic mass is 9.45. The molecule has 0 amide bonds.